The molecule has 0 rings (SSSR count). The van der Waals surface area contributed by atoms with Crippen LogP contribution in [-0.4, -0.2) is 47.4 Å². The highest BCUT2D eigenvalue weighted by molar-refractivity contribution is 5.76. The van der Waals surface area contributed by atoms with E-state index in [1.165, 1.54) is 161 Å². The molecular weight excluding hydrogens is 647 g/mol. The van der Waals surface area contributed by atoms with E-state index in [1.54, 1.807) is 6.08 Å². The predicted molar refractivity (Wildman–Crippen MR) is 223 cm³/mol. The van der Waals surface area contributed by atoms with Gasteiger partial charge in [0.1, 0.15) is 0 Å². The third kappa shape index (κ3) is 38.3. The van der Waals surface area contributed by atoms with Gasteiger partial charge in [0.25, 0.3) is 0 Å². The summed E-state index contributed by atoms with van der Waals surface area (Å²) in [6.07, 6.45) is 46.2. The maximum absolute atomic E-state index is 12.4. The first kappa shape index (κ1) is 50.6. The fraction of sp³-hybridized carbons (Fsp3) is 0.913. The van der Waals surface area contributed by atoms with Gasteiger partial charge in [0.15, 0.2) is 0 Å². The van der Waals surface area contributed by atoms with E-state index in [0.29, 0.717) is 19.4 Å². The Morgan fingerprint density at radius 1 is 0.519 bits per heavy atom. The topological polar surface area (TPSA) is 95.9 Å². The number of amides is 1. The zero-order valence-corrected chi connectivity index (χ0v) is 34.8. The van der Waals surface area contributed by atoms with Crippen LogP contribution in [0, 0.1) is 0 Å². The van der Waals surface area contributed by atoms with Crippen LogP contribution in [0.5, 0.6) is 0 Å². The molecule has 1 amide bonds. The highest BCUT2D eigenvalue weighted by Crippen LogP contribution is 2.15. The van der Waals surface area contributed by atoms with Crippen LogP contribution < -0.4 is 5.32 Å². The number of allylic oxidation sites excluding steroid dienone is 1. The van der Waals surface area contributed by atoms with Crippen molar-refractivity contribution in [3.8, 4) is 0 Å². The van der Waals surface area contributed by atoms with Crippen molar-refractivity contribution < 1.29 is 24.5 Å². The first-order chi connectivity index (χ1) is 25.5. The Kier molecular flexibility index (Phi) is 41.2. The highest BCUT2D eigenvalue weighted by atomic mass is 16.5. The number of carbonyl (C=O) groups is 2. The lowest BCUT2D eigenvalue weighted by Crippen LogP contribution is -2.45. The van der Waals surface area contributed by atoms with Crippen molar-refractivity contribution in [2.24, 2.45) is 0 Å². The van der Waals surface area contributed by atoms with Crippen molar-refractivity contribution in [3.63, 3.8) is 0 Å². The molecule has 0 aliphatic carbocycles. The first-order valence-corrected chi connectivity index (χ1v) is 23.0. The molecule has 2 atom stereocenters. The summed E-state index contributed by atoms with van der Waals surface area (Å²) in [5.74, 6) is -0.103. The summed E-state index contributed by atoms with van der Waals surface area (Å²) >= 11 is 0. The molecule has 0 aliphatic heterocycles. The Morgan fingerprint density at radius 2 is 0.885 bits per heavy atom. The zero-order chi connectivity index (χ0) is 38.0. The number of nitrogens with one attached hydrogen (secondary N) is 1. The molecule has 0 aliphatic rings. The Balaban J connectivity index is 3.52. The van der Waals surface area contributed by atoms with E-state index in [1.807, 2.05) is 6.08 Å². The van der Waals surface area contributed by atoms with Gasteiger partial charge in [0, 0.05) is 12.8 Å². The molecule has 52 heavy (non-hydrogen) atoms. The van der Waals surface area contributed by atoms with Crippen molar-refractivity contribution in [2.45, 2.75) is 257 Å². The molecule has 308 valence electrons. The second kappa shape index (κ2) is 42.3. The van der Waals surface area contributed by atoms with Crippen LogP contribution in [0.1, 0.15) is 245 Å². The van der Waals surface area contributed by atoms with Crippen molar-refractivity contribution >= 4 is 11.9 Å². The average molecular weight is 736 g/mol. The summed E-state index contributed by atoms with van der Waals surface area (Å²) in [4.78, 5) is 24.3. The number of hydrogen-bond donors (Lipinski definition) is 3. The van der Waals surface area contributed by atoms with Crippen LogP contribution in [0.25, 0.3) is 0 Å². The number of ether oxygens (including phenoxy) is 1. The monoisotopic (exact) mass is 736 g/mol. The molecular formula is C46H89NO5. The van der Waals surface area contributed by atoms with E-state index >= 15 is 0 Å². The quantitative estimate of drug-likeness (QED) is 0.0329. The molecule has 0 fully saturated rings. The average Bonchev–Trinajstić information content (AvgIpc) is 3.14. The van der Waals surface area contributed by atoms with Crippen molar-refractivity contribution in [2.75, 3.05) is 13.2 Å². The second-order valence-electron chi connectivity index (χ2n) is 15.7. The van der Waals surface area contributed by atoms with Crippen LogP contribution in [0.2, 0.25) is 0 Å². The predicted octanol–water partition coefficient (Wildman–Crippen LogP) is 13.0. The van der Waals surface area contributed by atoms with E-state index in [2.05, 4.69) is 19.2 Å². The third-order valence-electron chi connectivity index (χ3n) is 10.6. The normalized spacial score (nSPS) is 12.8. The molecule has 6 heteroatoms. The van der Waals surface area contributed by atoms with E-state index in [0.717, 1.165) is 57.8 Å². The molecule has 0 bridgehead atoms. The molecule has 2 unspecified atom stereocenters. The van der Waals surface area contributed by atoms with E-state index in [-0.39, 0.29) is 18.5 Å². The smallest absolute Gasteiger partial charge is 0.305 e. The Labute approximate surface area is 323 Å². The Hall–Kier alpha value is -1.40. The SMILES string of the molecule is CCCCCCCCCCCCC/C=C/C(O)C(CO)NC(=O)CCCCCCCCCCCCCOC(=O)CCCCCCCCCCCCC. The molecule has 0 aromatic carbocycles. The van der Waals surface area contributed by atoms with Gasteiger partial charge in [-0.3, -0.25) is 9.59 Å². The summed E-state index contributed by atoms with van der Waals surface area (Å²) in [5, 5.41) is 23.0. The van der Waals surface area contributed by atoms with Crippen LogP contribution in [0.3, 0.4) is 0 Å². The summed E-state index contributed by atoms with van der Waals surface area (Å²) in [7, 11) is 0. The van der Waals surface area contributed by atoms with Gasteiger partial charge in [-0.25, -0.2) is 0 Å². The van der Waals surface area contributed by atoms with E-state index < -0.39 is 12.1 Å². The number of hydrogen-bond acceptors (Lipinski definition) is 5. The lowest BCUT2D eigenvalue weighted by atomic mass is 10.0. The maximum Gasteiger partial charge on any atom is 0.305 e. The minimum atomic E-state index is -0.854. The van der Waals surface area contributed by atoms with E-state index in [9.17, 15) is 19.8 Å². The summed E-state index contributed by atoms with van der Waals surface area (Å²) < 4.78 is 5.43. The van der Waals surface area contributed by atoms with Crippen LogP contribution in [0.4, 0.5) is 0 Å². The molecule has 0 aromatic heterocycles. The third-order valence-corrected chi connectivity index (χ3v) is 10.6. The Morgan fingerprint density at radius 3 is 1.31 bits per heavy atom. The summed E-state index contributed by atoms with van der Waals surface area (Å²) in [5.41, 5.74) is 0. The molecule has 0 radical (unpaired) electrons. The van der Waals surface area contributed by atoms with Crippen LogP contribution in [0.15, 0.2) is 12.2 Å². The van der Waals surface area contributed by atoms with Gasteiger partial charge in [-0.1, -0.05) is 212 Å². The van der Waals surface area contributed by atoms with Gasteiger partial charge in [0.05, 0.1) is 25.4 Å². The molecule has 0 heterocycles. The fourth-order valence-electron chi connectivity index (χ4n) is 6.98. The van der Waals surface area contributed by atoms with Gasteiger partial charge < -0.3 is 20.3 Å². The maximum atomic E-state index is 12.4. The minimum Gasteiger partial charge on any atom is -0.466 e. The van der Waals surface area contributed by atoms with Gasteiger partial charge in [0.2, 0.25) is 5.91 Å². The van der Waals surface area contributed by atoms with Gasteiger partial charge >= 0.3 is 5.97 Å². The lowest BCUT2D eigenvalue weighted by Gasteiger charge is -2.20. The molecule has 0 saturated heterocycles. The summed E-state index contributed by atoms with van der Waals surface area (Å²) in [6, 6.07) is -0.639. The van der Waals surface area contributed by atoms with Crippen LogP contribution >= 0.6 is 0 Å². The van der Waals surface area contributed by atoms with Crippen molar-refractivity contribution in [3.05, 3.63) is 12.2 Å². The summed E-state index contributed by atoms with van der Waals surface area (Å²) in [6.45, 7) is 4.84. The molecule has 0 spiro atoms. The minimum absolute atomic E-state index is 0.0162. The molecule has 0 saturated carbocycles. The highest BCUT2D eigenvalue weighted by Gasteiger charge is 2.18. The number of rotatable bonds is 42. The number of aliphatic hydroxyl groups is 2. The van der Waals surface area contributed by atoms with E-state index in [4.69, 9.17) is 4.74 Å². The fourth-order valence-corrected chi connectivity index (χ4v) is 6.98. The van der Waals surface area contributed by atoms with Crippen molar-refractivity contribution in [1.82, 2.24) is 5.32 Å². The molecule has 3 N–H and O–H groups in total. The first-order valence-electron chi connectivity index (χ1n) is 23.0. The number of carbonyl (C=O) groups excluding carboxylic acids is 2. The number of aliphatic hydroxyl groups excluding tert-OH is 2. The van der Waals surface area contributed by atoms with Crippen LogP contribution in [-0.2, 0) is 14.3 Å². The lowest BCUT2D eigenvalue weighted by molar-refractivity contribution is -0.143. The number of esters is 1. The van der Waals surface area contributed by atoms with Gasteiger partial charge in [-0.2, -0.15) is 0 Å². The standard InChI is InChI=1S/C46H89NO5/c1-3-5-7-9-11-13-15-16-19-22-26-30-34-38-44(49)43(42-48)47-45(50)39-35-31-27-23-20-17-21-25-29-33-37-41-52-46(51)40-36-32-28-24-18-14-12-10-8-6-4-2/h34,38,43-44,48-49H,3-33,35-37,39-42H2,1-2H3,(H,47,50)/b38-34+. The molecule has 0 aromatic rings. The zero-order valence-electron chi connectivity index (χ0n) is 34.8. The number of unbranched alkanes of at least 4 members (excludes halogenated alkanes) is 31. The van der Waals surface area contributed by atoms with Crippen molar-refractivity contribution in [1.29, 1.82) is 0 Å². The van der Waals surface area contributed by atoms with Gasteiger partial charge in [-0.15, -0.1) is 0 Å². The largest absolute Gasteiger partial charge is 0.466 e. The second-order valence-corrected chi connectivity index (χ2v) is 15.7. The van der Waals surface area contributed by atoms with Gasteiger partial charge in [-0.05, 0) is 32.1 Å². The Bertz CT molecular complexity index is 772. The molecule has 6 nitrogen and oxygen atoms in total.